The Morgan fingerprint density at radius 2 is 1.90 bits per heavy atom. The highest BCUT2D eigenvalue weighted by Crippen LogP contribution is 2.37. The van der Waals surface area contributed by atoms with Crippen LogP contribution >= 0.6 is 24.0 Å². The fraction of sp³-hybridized carbons (Fsp3) is 0.0909. The zero-order valence-electron chi connectivity index (χ0n) is 16.5. The number of benzene rings is 2. The van der Waals surface area contributed by atoms with E-state index in [0.717, 1.165) is 5.56 Å². The quantitative estimate of drug-likeness (QED) is 0.216. The van der Waals surface area contributed by atoms with Gasteiger partial charge in [-0.1, -0.05) is 30.0 Å². The number of hydrogen-bond acceptors (Lipinski definition) is 7. The molecule has 2 aromatic carbocycles. The van der Waals surface area contributed by atoms with Gasteiger partial charge in [-0.15, -0.1) is 0 Å². The molecule has 1 aliphatic heterocycles. The lowest BCUT2D eigenvalue weighted by Crippen LogP contribution is -2.27. The molecule has 1 aliphatic rings. The van der Waals surface area contributed by atoms with Crippen LogP contribution in [0.15, 0.2) is 63.9 Å². The SMILES string of the molecule is COc1ccc(N2C(=O)C(=Cc3ccc(-c4cc([N+](=O)[O-])ccc4C)o3)SC2=S)cc1. The van der Waals surface area contributed by atoms with Crippen molar-refractivity contribution in [3.63, 3.8) is 0 Å². The largest absolute Gasteiger partial charge is 0.497 e. The third kappa shape index (κ3) is 4.10. The van der Waals surface area contributed by atoms with E-state index in [0.29, 0.717) is 37.7 Å². The van der Waals surface area contributed by atoms with Crippen LogP contribution in [0.2, 0.25) is 0 Å². The number of ether oxygens (including phenoxy) is 1. The zero-order valence-corrected chi connectivity index (χ0v) is 18.2. The van der Waals surface area contributed by atoms with Gasteiger partial charge in [-0.3, -0.25) is 19.8 Å². The number of hydrogen-bond donors (Lipinski definition) is 0. The first-order valence-electron chi connectivity index (χ1n) is 9.14. The summed E-state index contributed by atoms with van der Waals surface area (Å²) in [5.74, 6) is 1.38. The van der Waals surface area contributed by atoms with Crippen molar-refractivity contribution in [1.29, 1.82) is 0 Å². The van der Waals surface area contributed by atoms with Gasteiger partial charge in [0.25, 0.3) is 11.6 Å². The number of anilines is 1. The van der Waals surface area contributed by atoms with Gasteiger partial charge in [-0.25, -0.2) is 0 Å². The minimum Gasteiger partial charge on any atom is -0.497 e. The Morgan fingerprint density at radius 1 is 1.16 bits per heavy atom. The van der Waals surface area contributed by atoms with Crippen molar-refractivity contribution in [2.75, 3.05) is 12.0 Å². The van der Waals surface area contributed by atoms with Crippen molar-refractivity contribution >= 4 is 51.7 Å². The van der Waals surface area contributed by atoms with Crippen LogP contribution in [0.4, 0.5) is 11.4 Å². The summed E-state index contributed by atoms with van der Waals surface area (Å²) in [5.41, 5.74) is 2.11. The molecule has 4 rings (SSSR count). The summed E-state index contributed by atoms with van der Waals surface area (Å²) < 4.78 is 11.4. The Bertz CT molecular complexity index is 1230. The molecule has 0 saturated carbocycles. The third-order valence-electron chi connectivity index (χ3n) is 4.72. The maximum atomic E-state index is 12.9. The van der Waals surface area contributed by atoms with Gasteiger partial charge in [0, 0.05) is 23.8 Å². The number of non-ortho nitro benzene ring substituents is 1. The summed E-state index contributed by atoms with van der Waals surface area (Å²) in [6.07, 6.45) is 1.62. The molecular formula is C22H16N2O5S2. The highest BCUT2D eigenvalue weighted by molar-refractivity contribution is 8.27. The van der Waals surface area contributed by atoms with Crippen LogP contribution in [-0.2, 0) is 4.79 Å². The second-order valence-corrected chi connectivity index (χ2v) is 8.35. The predicted molar refractivity (Wildman–Crippen MR) is 124 cm³/mol. The Morgan fingerprint density at radius 3 is 2.58 bits per heavy atom. The van der Waals surface area contributed by atoms with Crippen LogP contribution in [-0.4, -0.2) is 22.3 Å². The lowest BCUT2D eigenvalue weighted by atomic mass is 10.1. The van der Waals surface area contributed by atoms with Gasteiger partial charge in [0.05, 0.1) is 22.6 Å². The highest BCUT2D eigenvalue weighted by Gasteiger charge is 2.33. The topological polar surface area (TPSA) is 85.8 Å². The molecular weight excluding hydrogens is 436 g/mol. The number of carbonyl (C=O) groups is 1. The van der Waals surface area contributed by atoms with Gasteiger partial charge < -0.3 is 9.15 Å². The van der Waals surface area contributed by atoms with E-state index in [1.54, 1.807) is 55.7 Å². The molecule has 0 atom stereocenters. The van der Waals surface area contributed by atoms with Gasteiger partial charge in [0.2, 0.25) is 0 Å². The standard InChI is InChI=1S/C22H16N2O5S2/c1-13-3-4-15(24(26)27)11-18(13)19-10-9-17(29-19)12-20-21(25)23(22(30)31-20)14-5-7-16(28-2)8-6-14/h3-12H,1-2H3. The lowest BCUT2D eigenvalue weighted by Gasteiger charge is -2.14. The van der Waals surface area contributed by atoms with E-state index >= 15 is 0 Å². The molecule has 1 aromatic heterocycles. The fourth-order valence-electron chi connectivity index (χ4n) is 3.12. The smallest absolute Gasteiger partial charge is 0.270 e. The summed E-state index contributed by atoms with van der Waals surface area (Å²) in [6.45, 7) is 1.85. The highest BCUT2D eigenvalue weighted by atomic mass is 32.2. The normalized spacial score (nSPS) is 15.0. The van der Waals surface area contributed by atoms with Crippen molar-refractivity contribution in [2.45, 2.75) is 6.92 Å². The van der Waals surface area contributed by atoms with Crippen LogP contribution < -0.4 is 9.64 Å². The van der Waals surface area contributed by atoms with Gasteiger partial charge in [0.1, 0.15) is 17.3 Å². The van der Waals surface area contributed by atoms with E-state index in [-0.39, 0.29) is 11.6 Å². The maximum Gasteiger partial charge on any atom is 0.270 e. The minimum atomic E-state index is -0.447. The lowest BCUT2D eigenvalue weighted by molar-refractivity contribution is -0.384. The van der Waals surface area contributed by atoms with Gasteiger partial charge in [-0.2, -0.15) is 0 Å². The Kier molecular flexibility index (Phi) is 5.62. The first kappa shape index (κ1) is 20.8. The number of nitro groups is 1. The first-order chi connectivity index (χ1) is 14.9. The average molecular weight is 453 g/mol. The minimum absolute atomic E-state index is 0.0149. The summed E-state index contributed by atoms with van der Waals surface area (Å²) in [4.78, 5) is 25.4. The number of carbonyl (C=O) groups excluding carboxylic acids is 1. The molecule has 1 saturated heterocycles. The molecule has 9 heteroatoms. The molecule has 1 amide bonds. The molecule has 0 N–H and O–H groups in total. The maximum absolute atomic E-state index is 12.9. The van der Waals surface area contributed by atoms with Gasteiger partial charge in [-0.05, 0) is 48.9 Å². The van der Waals surface area contributed by atoms with Crippen LogP contribution in [0.5, 0.6) is 5.75 Å². The molecule has 7 nitrogen and oxygen atoms in total. The average Bonchev–Trinajstić information content (AvgIpc) is 3.32. The second-order valence-electron chi connectivity index (χ2n) is 6.67. The molecule has 0 bridgehead atoms. The number of rotatable bonds is 5. The third-order valence-corrected chi connectivity index (χ3v) is 6.02. The van der Waals surface area contributed by atoms with E-state index in [9.17, 15) is 14.9 Å². The summed E-state index contributed by atoms with van der Waals surface area (Å²) in [6, 6.07) is 15.1. The number of furan rings is 1. The number of methoxy groups -OCH3 is 1. The van der Waals surface area contributed by atoms with Crippen molar-refractivity contribution in [3.05, 3.63) is 80.9 Å². The van der Waals surface area contributed by atoms with Crippen molar-refractivity contribution in [2.24, 2.45) is 0 Å². The number of thiocarbonyl (C=S) groups is 1. The zero-order chi connectivity index (χ0) is 22.1. The van der Waals surface area contributed by atoms with Crippen molar-refractivity contribution in [1.82, 2.24) is 0 Å². The van der Waals surface area contributed by atoms with Gasteiger partial charge in [0.15, 0.2) is 4.32 Å². The number of amides is 1. The van der Waals surface area contributed by atoms with Crippen LogP contribution in [0.25, 0.3) is 17.4 Å². The predicted octanol–water partition coefficient (Wildman–Crippen LogP) is 5.58. The molecule has 1 fully saturated rings. The fourth-order valence-corrected chi connectivity index (χ4v) is 4.39. The van der Waals surface area contributed by atoms with Crippen molar-refractivity contribution in [3.8, 4) is 17.1 Å². The summed E-state index contributed by atoms with van der Waals surface area (Å²) in [7, 11) is 1.57. The molecule has 0 aliphatic carbocycles. The molecule has 0 radical (unpaired) electrons. The van der Waals surface area contributed by atoms with E-state index in [1.807, 2.05) is 6.92 Å². The first-order valence-corrected chi connectivity index (χ1v) is 10.4. The molecule has 3 aromatic rings. The number of nitrogens with zero attached hydrogens (tertiary/aromatic N) is 2. The molecule has 0 unspecified atom stereocenters. The molecule has 0 spiro atoms. The van der Waals surface area contributed by atoms with Crippen LogP contribution in [0.3, 0.4) is 0 Å². The Hall–Kier alpha value is -3.43. The second kappa shape index (κ2) is 8.37. The van der Waals surface area contributed by atoms with Crippen LogP contribution in [0, 0.1) is 17.0 Å². The molecule has 156 valence electrons. The van der Waals surface area contributed by atoms with E-state index in [1.165, 1.54) is 28.8 Å². The Labute approximate surface area is 187 Å². The van der Waals surface area contributed by atoms with Crippen molar-refractivity contribution < 1.29 is 18.9 Å². The summed E-state index contributed by atoms with van der Waals surface area (Å²) >= 11 is 6.58. The van der Waals surface area contributed by atoms with E-state index in [2.05, 4.69) is 0 Å². The number of thioether (sulfide) groups is 1. The number of nitro benzene ring substituents is 1. The monoisotopic (exact) mass is 452 g/mol. The Balaban J connectivity index is 1.61. The van der Waals surface area contributed by atoms with Crippen LogP contribution in [0.1, 0.15) is 11.3 Å². The van der Waals surface area contributed by atoms with E-state index < -0.39 is 4.92 Å². The number of aryl methyl sites for hydroxylation is 1. The molecule has 31 heavy (non-hydrogen) atoms. The summed E-state index contributed by atoms with van der Waals surface area (Å²) in [5, 5.41) is 11.1. The van der Waals surface area contributed by atoms with E-state index in [4.69, 9.17) is 21.4 Å². The molecule has 2 heterocycles. The van der Waals surface area contributed by atoms with Gasteiger partial charge >= 0.3 is 0 Å².